The molecule has 10 aromatic carbocycles. The number of aryl methyl sites for hydroxylation is 13. The Morgan fingerprint density at radius 3 is 0.946 bits per heavy atom. The number of nitrogens with zero attached hydrogens (tertiary/aromatic N) is 25. The molecule has 20 aromatic rings. The van der Waals surface area contributed by atoms with Gasteiger partial charge in [-0.05, 0) is 348 Å². The molecule has 1 fully saturated rings. The minimum atomic E-state index is -0.356. The van der Waals surface area contributed by atoms with Crippen molar-refractivity contribution in [2.75, 3.05) is 0 Å². The average molecular weight is 2080 g/mol. The molecule has 10 heterocycles. The zero-order valence-electron chi connectivity index (χ0n) is 84.0. The minimum absolute atomic E-state index is 0.186. The van der Waals surface area contributed by atoms with Crippen molar-refractivity contribution in [3.63, 3.8) is 0 Å². The molecular formula is C112H105BrClN25O10. The van der Waals surface area contributed by atoms with Crippen LogP contribution in [0.15, 0.2) is 327 Å². The highest BCUT2D eigenvalue weighted by Gasteiger charge is 2.30. The largest absolute Gasteiger partial charge is 0.489 e. The van der Waals surface area contributed by atoms with Crippen molar-refractivity contribution in [1.29, 1.82) is 0 Å². The summed E-state index contributed by atoms with van der Waals surface area (Å²) < 4.78 is 44.0. The van der Waals surface area contributed by atoms with Crippen LogP contribution >= 0.6 is 27.5 Å². The predicted molar refractivity (Wildman–Crippen MR) is 570 cm³/mol. The Morgan fingerprint density at radius 2 is 0.611 bits per heavy atom. The SMILES string of the molecule is CCc1cccc(-n2nnn(C)c2=O)c1COc1ccc(-c2cccnc2)cc1C.Cc1cc(-c2cccnc2)ccc1OCc1c(C)cccc1-n1nnn(C)c1=O.Cc1cc(-c2cccnc2)ccc1OCc1c(C2CC2)cccc1-n1nnn(C)c1=O.Cc1cc(-c2cccnc2)ccc1OCc1c(Cl)cccc1-n1nnn(C)c1=O.Cc1cccc(-c2ccc(OCc3c(C)cccc3-n3nnn(C)c3=O)c(Br)c2)n1. The van der Waals surface area contributed by atoms with E-state index in [1.54, 1.807) is 78.2 Å². The van der Waals surface area contributed by atoms with Gasteiger partial charge in [-0.2, -0.15) is 46.8 Å². The van der Waals surface area contributed by atoms with Crippen LogP contribution in [0.4, 0.5) is 0 Å². The van der Waals surface area contributed by atoms with Crippen molar-refractivity contribution in [3.8, 4) is 113 Å². The van der Waals surface area contributed by atoms with Crippen molar-refractivity contribution >= 4 is 27.5 Å². The number of hydrogen-bond donors (Lipinski definition) is 0. The van der Waals surface area contributed by atoms with E-state index in [-0.39, 0.29) is 41.7 Å². The van der Waals surface area contributed by atoms with Crippen LogP contribution in [0.5, 0.6) is 28.7 Å². The van der Waals surface area contributed by atoms with Crippen LogP contribution in [0.2, 0.25) is 5.02 Å². The summed E-state index contributed by atoms with van der Waals surface area (Å²) in [7, 11) is 7.86. The Hall–Kier alpha value is -17.9. The second-order valence-electron chi connectivity index (χ2n) is 35.4. The van der Waals surface area contributed by atoms with Gasteiger partial charge in [0.05, 0.1) is 38.6 Å². The molecule has 1 saturated carbocycles. The first kappa shape index (κ1) is 103. The molecule has 0 atom stereocenters. The van der Waals surface area contributed by atoms with Crippen LogP contribution in [0.25, 0.3) is 84.2 Å². The highest BCUT2D eigenvalue weighted by Crippen LogP contribution is 2.44. The van der Waals surface area contributed by atoms with E-state index in [1.807, 2.05) is 280 Å². The quantitative estimate of drug-likeness (QED) is 0.0461. The lowest BCUT2D eigenvalue weighted by atomic mass is 10.0. The molecule has 0 aliphatic heterocycles. The molecule has 752 valence electrons. The summed E-state index contributed by atoms with van der Waals surface area (Å²) in [6, 6.07) is 80.4. The number of rotatable bonds is 27. The van der Waals surface area contributed by atoms with Crippen LogP contribution in [0.1, 0.15) is 104 Å². The maximum atomic E-state index is 12.5. The third-order valence-corrected chi connectivity index (χ3v) is 26.1. The summed E-state index contributed by atoms with van der Waals surface area (Å²) in [5.74, 6) is 4.35. The number of halogens is 2. The summed E-state index contributed by atoms with van der Waals surface area (Å²) in [5, 5.41) is 39.4. The van der Waals surface area contributed by atoms with Gasteiger partial charge in [-0.3, -0.25) is 24.9 Å². The van der Waals surface area contributed by atoms with Crippen LogP contribution in [0.3, 0.4) is 0 Å². The summed E-state index contributed by atoms with van der Waals surface area (Å²) in [6.07, 6.45) is 17.5. The molecule has 35 nitrogen and oxygen atoms in total. The third-order valence-electron chi connectivity index (χ3n) is 25.1. The molecular weight excluding hydrogens is 1970 g/mol. The highest BCUT2D eigenvalue weighted by molar-refractivity contribution is 9.10. The van der Waals surface area contributed by atoms with Gasteiger partial charge >= 0.3 is 28.4 Å². The van der Waals surface area contributed by atoms with Crippen LogP contribution in [-0.2, 0) is 74.7 Å². The third kappa shape index (κ3) is 24.0. The molecule has 0 saturated heterocycles. The molecule has 21 rings (SSSR count). The van der Waals surface area contributed by atoms with E-state index in [1.165, 1.54) is 47.7 Å². The van der Waals surface area contributed by atoms with Crippen LogP contribution in [-0.4, -0.2) is 124 Å². The van der Waals surface area contributed by atoms with Crippen molar-refractivity contribution in [3.05, 3.63) is 438 Å². The number of ether oxygens (including phenoxy) is 5. The minimum Gasteiger partial charge on any atom is -0.489 e. The van der Waals surface area contributed by atoms with E-state index < -0.39 is 0 Å². The lowest BCUT2D eigenvalue weighted by Crippen LogP contribution is -2.23. The Bertz CT molecular complexity index is 8320. The lowest BCUT2D eigenvalue weighted by Gasteiger charge is -2.16. The molecule has 1 aliphatic rings. The Kier molecular flexibility index (Phi) is 32.2. The number of benzene rings is 10. The Balaban J connectivity index is 0.000000127. The van der Waals surface area contributed by atoms with E-state index in [2.05, 4.69) is 124 Å². The predicted octanol–water partition coefficient (Wildman–Crippen LogP) is 18.0. The summed E-state index contributed by atoms with van der Waals surface area (Å²) >= 11 is 9.99. The fourth-order valence-electron chi connectivity index (χ4n) is 16.7. The molecule has 37 heteroatoms. The maximum absolute atomic E-state index is 12.5. The van der Waals surface area contributed by atoms with Crippen molar-refractivity contribution in [2.45, 2.75) is 114 Å². The first-order valence-corrected chi connectivity index (χ1v) is 49.0. The molecule has 10 aromatic heterocycles. The Labute approximate surface area is 869 Å². The van der Waals surface area contributed by atoms with Gasteiger partial charge in [0.15, 0.2) is 0 Å². The Morgan fingerprint density at radius 1 is 0.302 bits per heavy atom. The number of pyridine rings is 5. The summed E-state index contributed by atoms with van der Waals surface area (Å²) in [5.41, 5.74) is 26.0. The van der Waals surface area contributed by atoms with E-state index >= 15 is 0 Å². The molecule has 0 spiro atoms. The molecule has 0 N–H and O–H groups in total. The smallest absolute Gasteiger partial charge is 0.368 e. The van der Waals surface area contributed by atoms with Gasteiger partial charge in [-0.1, -0.05) is 128 Å². The van der Waals surface area contributed by atoms with E-state index in [0.717, 1.165) is 180 Å². The fraction of sp³-hybridized carbons (Fsp3) is 0.196. The van der Waals surface area contributed by atoms with Gasteiger partial charge in [0.2, 0.25) is 0 Å². The fourth-order valence-corrected chi connectivity index (χ4v) is 17.4. The molecule has 0 bridgehead atoms. The second-order valence-corrected chi connectivity index (χ2v) is 36.7. The summed E-state index contributed by atoms with van der Waals surface area (Å²) in [6.45, 7) is 17.5. The van der Waals surface area contributed by atoms with Crippen molar-refractivity contribution in [2.24, 2.45) is 35.2 Å². The topological polar surface area (TPSA) is 374 Å². The van der Waals surface area contributed by atoms with Crippen molar-refractivity contribution < 1.29 is 23.7 Å². The molecule has 0 radical (unpaired) electrons. The van der Waals surface area contributed by atoms with Crippen LogP contribution in [0, 0.1) is 48.5 Å². The molecule has 149 heavy (non-hydrogen) atoms. The van der Waals surface area contributed by atoms with E-state index in [9.17, 15) is 24.0 Å². The second kappa shape index (κ2) is 46.8. The van der Waals surface area contributed by atoms with Gasteiger partial charge in [0, 0.05) is 151 Å². The van der Waals surface area contributed by atoms with E-state index in [0.29, 0.717) is 64.8 Å². The summed E-state index contributed by atoms with van der Waals surface area (Å²) in [4.78, 5) is 83.0. The monoisotopic (exact) mass is 2070 g/mol. The van der Waals surface area contributed by atoms with E-state index in [4.69, 9.17) is 35.3 Å². The molecule has 0 unspecified atom stereocenters. The normalized spacial score (nSPS) is 11.4. The van der Waals surface area contributed by atoms with Gasteiger partial charge in [0.1, 0.15) is 61.8 Å². The number of hydrogen-bond acceptors (Lipinski definition) is 25. The molecule has 1 aliphatic carbocycles. The molecule has 0 amide bonds. The number of aromatic nitrogens is 25. The van der Waals surface area contributed by atoms with Crippen molar-refractivity contribution in [1.82, 2.24) is 124 Å². The maximum Gasteiger partial charge on any atom is 0.368 e. The van der Waals surface area contributed by atoms with Gasteiger partial charge in [-0.25, -0.2) is 24.0 Å². The average Bonchev–Trinajstić information content (AvgIpc) is 1.63. The zero-order chi connectivity index (χ0) is 104. The first-order chi connectivity index (χ1) is 72.2. The highest BCUT2D eigenvalue weighted by atomic mass is 79.9. The number of tetrazole rings is 5. The van der Waals surface area contributed by atoms with Gasteiger partial charge in [0.25, 0.3) is 0 Å². The lowest BCUT2D eigenvalue weighted by molar-refractivity contribution is 0.302. The standard InChI is InChI=1S/C24H23N5O2.C23H23N5O2.C22H20BrN5O2.C22H21N5O2.C21H18ClN5O2/c1-16-13-18(19-5-4-12-25-14-19)10-11-23(16)31-15-21-20(17-8-9-17)6-3-7-22(21)29-24(30)28(2)26-27-29;1-4-17-7-5-9-21(28-23(29)27(3)25-26-28)20(17)15-30-22-11-10-18(13-16(22)2)19-8-6-12-24-14-19;1-14-6-4-9-20(28-22(29)27(3)25-26-28)17(14)13-30-21-11-10-16(12-18(21)23)19-8-5-7-15(2)24-19;1-15-6-4-8-20(27-22(28)26(3)24-25-27)19(15)14-29-21-10-9-17(12-16(21)2)18-7-5-11-23-13-18;1-14-11-15(16-5-4-10-23-12-16)8-9-20(14)29-13-17-18(22)6-3-7-19(17)27-21(28)26(2)24-25-27/h3-7,10-14,17H,8-9,15H2,1-2H3;5-14H,4,15H2,1-3H3;4-12H,13H2,1-3H3;4-13H,14H2,1-3H3;3-12H,13H2,1-2H3. The van der Waals surface area contributed by atoms with Gasteiger partial charge < -0.3 is 23.7 Å². The zero-order valence-corrected chi connectivity index (χ0v) is 86.4. The van der Waals surface area contributed by atoms with Gasteiger partial charge in [-0.15, -0.1) is 0 Å². The first-order valence-electron chi connectivity index (χ1n) is 47.8. The van der Waals surface area contributed by atoms with Crippen LogP contribution < -0.4 is 52.1 Å².